The second-order valence-electron chi connectivity index (χ2n) is 13.3. The van der Waals surface area contributed by atoms with E-state index < -0.39 is 0 Å². The summed E-state index contributed by atoms with van der Waals surface area (Å²) in [7, 11) is 0. The molecule has 3 nitrogen and oxygen atoms in total. The third-order valence-electron chi connectivity index (χ3n) is 9.27. The lowest BCUT2D eigenvalue weighted by atomic mass is 9.87. The van der Waals surface area contributed by atoms with Crippen LogP contribution in [0.2, 0.25) is 0 Å². The van der Waals surface area contributed by atoms with E-state index in [2.05, 4.69) is 86.7 Å². The Bertz CT molecular complexity index is 2070. The largest absolute Gasteiger partial charge is 0.307 e. The molecule has 4 aromatic carbocycles. The van der Waals surface area contributed by atoms with Crippen molar-refractivity contribution in [2.24, 2.45) is 11.3 Å². The van der Waals surface area contributed by atoms with Gasteiger partial charge in [-0.25, -0.2) is 9.97 Å². The normalized spacial score (nSPS) is 15.4. The third kappa shape index (κ3) is 3.41. The maximum atomic E-state index is 4.94. The van der Waals surface area contributed by atoms with Gasteiger partial charge in [0.15, 0.2) is 0 Å². The van der Waals surface area contributed by atoms with Crippen LogP contribution in [-0.4, -0.2) is 14.4 Å². The molecular weight excluding hydrogens is 474 g/mol. The number of benzene rings is 4. The molecule has 0 unspecified atom stereocenters. The zero-order valence-electron chi connectivity index (χ0n) is 23.4. The zero-order valence-corrected chi connectivity index (χ0v) is 23.4. The molecule has 1 saturated carbocycles. The Labute approximate surface area is 229 Å². The summed E-state index contributed by atoms with van der Waals surface area (Å²) >= 11 is 0. The molecule has 0 bridgehead atoms. The van der Waals surface area contributed by atoms with Gasteiger partial charge in [-0.3, -0.25) is 0 Å². The highest BCUT2D eigenvalue weighted by molar-refractivity contribution is 6.28. The molecule has 194 valence electrons. The molecule has 3 heterocycles. The molecule has 1 aliphatic carbocycles. The molecule has 0 atom stereocenters. The molecule has 0 radical (unpaired) electrons. The van der Waals surface area contributed by atoms with E-state index in [1.165, 1.54) is 97.7 Å². The maximum absolute atomic E-state index is 4.94. The van der Waals surface area contributed by atoms with Gasteiger partial charge >= 0.3 is 0 Å². The Kier molecular flexibility index (Phi) is 4.84. The van der Waals surface area contributed by atoms with Crippen molar-refractivity contribution in [2.45, 2.75) is 66.2 Å². The first-order valence-electron chi connectivity index (χ1n) is 14.6. The van der Waals surface area contributed by atoms with Crippen LogP contribution in [0, 0.1) is 18.3 Å². The van der Waals surface area contributed by atoms with Crippen LogP contribution in [-0.2, 0) is 12.8 Å². The van der Waals surface area contributed by atoms with E-state index in [0.717, 1.165) is 23.4 Å². The number of nitrogens with zero attached hydrogens (tertiary/aromatic N) is 3. The van der Waals surface area contributed by atoms with E-state index in [1.54, 1.807) is 6.33 Å². The summed E-state index contributed by atoms with van der Waals surface area (Å²) in [5.41, 5.74) is 10.4. The van der Waals surface area contributed by atoms with Gasteiger partial charge in [0.2, 0.25) is 0 Å². The summed E-state index contributed by atoms with van der Waals surface area (Å²) in [6.45, 7) is 9.24. The first kappa shape index (κ1) is 23.2. The lowest BCUT2D eigenvalue weighted by Gasteiger charge is -2.19. The Morgan fingerprint density at radius 1 is 0.846 bits per heavy atom. The fourth-order valence-electron chi connectivity index (χ4n) is 7.72. The van der Waals surface area contributed by atoms with Crippen LogP contribution in [0.15, 0.2) is 60.9 Å². The van der Waals surface area contributed by atoms with Crippen molar-refractivity contribution in [1.29, 1.82) is 0 Å². The summed E-state index contributed by atoms with van der Waals surface area (Å²) in [4.78, 5) is 9.67. The zero-order chi connectivity index (χ0) is 26.5. The molecule has 0 saturated heterocycles. The second-order valence-corrected chi connectivity index (χ2v) is 13.3. The Morgan fingerprint density at radius 2 is 1.67 bits per heavy atom. The van der Waals surface area contributed by atoms with Crippen LogP contribution in [0.3, 0.4) is 0 Å². The highest BCUT2D eigenvalue weighted by Gasteiger charge is 2.24. The summed E-state index contributed by atoms with van der Waals surface area (Å²) in [6, 6.07) is 21.0. The van der Waals surface area contributed by atoms with Crippen LogP contribution in [0.4, 0.5) is 0 Å². The second kappa shape index (κ2) is 8.14. The Morgan fingerprint density at radius 3 is 2.49 bits per heavy atom. The molecule has 0 amide bonds. The molecule has 39 heavy (non-hydrogen) atoms. The number of fused-ring (bicyclic) bond motifs is 7. The molecule has 3 aromatic heterocycles. The number of hydrogen-bond acceptors (Lipinski definition) is 2. The monoisotopic (exact) mass is 509 g/mol. The maximum Gasteiger partial charge on any atom is 0.116 e. The average molecular weight is 510 g/mol. The predicted molar refractivity (Wildman–Crippen MR) is 165 cm³/mol. The fraction of sp³-hybridized carbons (Fsp3) is 0.333. The Balaban J connectivity index is 1.53. The van der Waals surface area contributed by atoms with Gasteiger partial charge in [-0.15, -0.1) is 0 Å². The summed E-state index contributed by atoms with van der Waals surface area (Å²) in [6.07, 6.45) is 9.46. The minimum absolute atomic E-state index is 0.251. The molecule has 0 aliphatic heterocycles. The quantitative estimate of drug-likeness (QED) is 0.175. The van der Waals surface area contributed by atoms with Crippen molar-refractivity contribution in [3.63, 3.8) is 0 Å². The van der Waals surface area contributed by atoms with Crippen molar-refractivity contribution in [2.75, 3.05) is 0 Å². The number of aromatic nitrogens is 3. The molecular formula is C36H35N3. The molecule has 7 aromatic rings. The van der Waals surface area contributed by atoms with Gasteiger partial charge in [0.05, 0.1) is 33.0 Å². The van der Waals surface area contributed by atoms with E-state index in [9.17, 15) is 0 Å². The van der Waals surface area contributed by atoms with Crippen molar-refractivity contribution in [3.05, 3.63) is 77.6 Å². The number of hydrogen-bond donors (Lipinski definition) is 0. The summed E-state index contributed by atoms with van der Waals surface area (Å²) < 4.78 is 2.55. The van der Waals surface area contributed by atoms with Crippen LogP contribution < -0.4 is 0 Å². The molecule has 0 spiro atoms. The van der Waals surface area contributed by atoms with Gasteiger partial charge in [0, 0.05) is 16.2 Å². The van der Waals surface area contributed by atoms with Crippen LogP contribution in [0.5, 0.6) is 0 Å². The number of aryl methyl sites for hydroxylation is 1. The first-order chi connectivity index (χ1) is 18.9. The topological polar surface area (TPSA) is 30.2 Å². The minimum atomic E-state index is 0.251. The van der Waals surface area contributed by atoms with Crippen molar-refractivity contribution >= 4 is 59.9 Å². The smallest absolute Gasteiger partial charge is 0.116 e. The molecule has 1 fully saturated rings. The van der Waals surface area contributed by atoms with Crippen molar-refractivity contribution in [1.82, 2.24) is 14.4 Å². The van der Waals surface area contributed by atoms with Crippen LogP contribution >= 0.6 is 0 Å². The highest BCUT2D eigenvalue weighted by atomic mass is 14.9. The lowest BCUT2D eigenvalue weighted by Crippen LogP contribution is -2.09. The van der Waals surface area contributed by atoms with E-state index in [1.807, 2.05) is 0 Å². The standard InChI is InChI=1S/C36H35N3/c1-21-26-13-12-23(19-36(2,3)4)17-25(26)18-28-33-32-29(37-20-38-33)15-14-27-31-24(16-22-8-5-6-9-22)10-7-11-30(31)39(34(21)28)35(27)32/h7,10-15,17-18,20,22H,5-6,8-9,16,19H2,1-4H3. The number of rotatable bonds is 3. The number of pyridine rings is 1. The van der Waals surface area contributed by atoms with Crippen LogP contribution in [0.25, 0.3) is 59.9 Å². The molecule has 1 aliphatic rings. The highest BCUT2D eigenvalue weighted by Crippen LogP contribution is 2.44. The van der Waals surface area contributed by atoms with Crippen LogP contribution in [0.1, 0.15) is 63.1 Å². The van der Waals surface area contributed by atoms with Gasteiger partial charge in [-0.2, -0.15) is 0 Å². The first-order valence-corrected chi connectivity index (χ1v) is 14.6. The van der Waals surface area contributed by atoms with E-state index in [0.29, 0.717) is 0 Å². The molecule has 0 N–H and O–H groups in total. The van der Waals surface area contributed by atoms with Gasteiger partial charge in [-0.05, 0) is 82.8 Å². The van der Waals surface area contributed by atoms with E-state index in [4.69, 9.17) is 9.97 Å². The van der Waals surface area contributed by atoms with Gasteiger partial charge < -0.3 is 4.40 Å². The van der Waals surface area contributed by atoms with Crippen molar-refractivity contribution < 1.29 is 0 Å². The average Bonchev–Trinajstić information content (AvgIpc) is 3.54. The molecule has 8 rings (SSSR count). The van der Waals surface area contributed by atoms with Crippen molar-refractivity contribution in [3.8, 4) is 0 Å². The van der Waals surface area contributed by atoms with Gasteiger partial charge in [0.1, 0.15) is 6.33 Å². The lowest BCUT2D eigenvalue weighted by molar-refractivity contribution is 0.411. The fourth-order valence-corrected chi connectivity index (χ4v) is 7.72. The third-order valence-corrected chi connectivity index (χ3v) is 9.27. The molecule has 3 heteroatoms. The van der Waals surface area contributed by atoms with Gasteiger partial charge in [0.25, 0.3) is 0 Å². The predicted octanol–water partition coefficient (Wildman–Crippen LogP) is 9.56. The minimum Gasteiger partial charge on any atom is -0.307 e. The Hall–Kier alpha value is -3.72. The summed E-state index contributed by atoms with van der Waals surface area (Å²) in [5, 5.41) is 7.80. The SMILES string of the molecule is Cc1c2ccc(CC(C)(C)C)cc2cc2c3ncnc4ccc5c6c(CC7CCCC7)cccc6n(c12)c5c43. The summed E-state index contributed by atoms with van der Waals surface area (Å²) in [5.74, 6) is 0.804. The van der Waals surface area contributed by atoms with Gasteiger partial charge in [-0.1, -0.05) is 76.8 Å². The van der Waals surface area contributed by atoms with E-state index >= 15 is 0 Å². The van der Waals surface area contributed by atoms with E-state index in [-0.39, 0.29) is 5.41 Å².